The molecule has 0 bridgehead atoms. The van der Waals surface area contributed by atoms with Crippen LogP contribution >= 0.6 is 0 Å². The number of ether oxygens (including phenoxy) is 1. The van der Waals surface area contributed by atoms with Gasteiger partial charge in [0.2, 0.25) is 11.8 Å². The van der Waals surface area contributed by atoms with Crippen molar-refractivity contribution in [3.05, 3.63) is 27.9 Å². The zero-order chi connectivity index (χ0) is 13.5. The summed E-state index contributed by atoms with van der Waals surface area (Å²) in [6, 6.07) is 1.27. The minimum Gasteiger partial charge on any atom is -0.480 e. The smallest absolute Gasteiger partial charge is 0.289 e. The molecule has 0 fully saturated rings. The molecule has 0 saturated heterocycles. The first-order valence-corrected chi connectivity index (χ1v) is 4.96. The molecule has 0 radical (unpaired) electrons. The van der Waals surface area contributed by atoms with Crippen molar-refractivity contribution >= 4 is 11.6 Å². The van der Waals surface area contributed by atoms with Crippen LogP contribution in [0.5, 0.6) is 5.88 Å². The summed E-state index contributed by atoms with van der Waals surface area (Å²) in [6.07, 6.45) is 1.10. The summed E-state index contributed by atoms with van der Waals surface area (Å²) in [5, 5.41) is 13.1. The van der Waals surface area contributed by atoms with Gasteiger partial charge >= 0.3 is 0 Å². The van der Waals surface area contributed by atoms with E-state index < -0.39 is 4.92 Å². The van der Waals surface area contributed by atoms with Crippen molar-refractivity contribution in [1.29, 1.82) is 0 Å². The molecular weight excluding hydrogens is 238 g/mol. The lowest BCUT2D eigenvalue weighted by atomic mass is 10.2. The average Bonchev–Trinajstić information content (AvgIpc) is 2.34. The van der Waals surface area contributed by atoms with Crippen molar-refractivity contribution in [1.82, 2.24) is 10.3 Å². The Hall–Kier alpha value is -2.62. The van der Waals surface area contributed by atoms with Crippen LogP contribution in [0.25, 0.3) is 0 Å². The van der Waals surface area contributed by atoms with Crippen LogP contribution in [-0.4, -0.2) is 29.5 Å². The van der Waals surface area contributed by atoms with Gasteiger partial charge in [-0.05, 0) is 0 Å². The van der Waals surface area contributed by atoms with Crippen molar-refractivity contribution in [2.45, 2.75) is 6.92 Å². The predicted molar refractivity (Wildman–Crippen MR) is 63.0 cm³/mol. The number of methoxy groups -OCH3 is 1. The van der Waals surface area contributed by atoms with Gasteiger partial charge in [-0.1, -0.05) is 11.8 Å². The first-order chi connectivity index (χ1) is 8.54. The molecule has 0 atom stereocenters. The number of rotatable bonds is 3. The van der Waals surface area contributed by atoms with Gasteiger partial charge < -0.3 is 10.1 Å². The first-order valence-electron chi connectivity index (χ1n) is 4.96. The molecular formula is C11H11N3O4. The quantitative estimate of drug-likeness (QED) is 0.478. The average molecular weight is 249 g/mol. The molecule has 7 heteroatoms. The van der Waals surface area contributed by atoms with Crippen LogP contribution in [0.4, 0.5) is 5.69 Å². The number of carbonyl (C=O) groups excluding carboxylic acids is 1. The minimum absolute atomic E-state index is 0.154. The molecule has 0 aromatic carbocycles. The molecule has 1 amide bonds. The largest absolute Gasteiger partial charge is 0.480 e. The molecule has 1 N–H and O–H groups in total. The number of amides is 1. The number of carbonyl (C=O) groups is 1. The number of hydrogen-bond donors (Lipinski definition) is 1. The molecule has 18 heavy (non-hydrogen) atoms. The van der Waals surface area contributed by atoms with Gasteiger partial charge in [0, 0.05) is 13.0 Å². The van der Waals surface area contributed by atoms with E-state index in [2.05, 4.69) is 22.1 Å². The van der Waals surface area contributed by atoms with Crippen molar-refractivity contribution in [2.75, 3.05) is 13.7 Å². The maximum absolute atomic E-state index is 10.6. The lowest BCUT2D eigenvalue weighted by Crippen LogP contribution is -2.19. The van der Waals surface area contributed by atoms with E-state index in [-0.39, 0.29) is 24.0 Å². The molecule has 94 valence electrons. The van der Waals surface area contributed by atoms with E-state index in [0.717, 1.165) is 6.20 Å². The van der Waals surface area contributed by atoms with Crippen LogP contribution < -0.4 is 10.1 Å². The Bertz CT molecular complexity index is 531. The maximum Gasteiger partial charge on any atom is 0.289 e. The second-order valence-electron chi connectivity index (χ2n) is 3.22. The highest BCUT2D eigenvalue weighted by Crippen LogP contribution is 2.19. The minimum atomic E-state index is -0.564. The molecule has 1 heterocycles. The number of nitrogens with zero attached hydrogens (tertiary/aromatic N) is 2. The predicted octanol–water partition coefficient (Wildman–Crippen LogP) is 0.486. The van der Waals surface area contributed by atoms with E-state index in [4.69, 9.17) is 4.74 Å². The second-order valence-corrected chi connectivity index (χ2v) is 3.22. The summed E-state index contributed by atoms with van der Waals surface area (Å²) < 4.78 is 4.93. The summed E-state index contributed by atoms with van der Waals surface area (Å²) in [5.41, 5.74) is 0.136. The SMILES string of the molecule is COc1ncc([N+](=O)[O-])cc1C#CCNC(C)=O. The van der Waals surface area contributed by atoms with Crippen molar-refractivity contribution in [3.63, 3.8) is 0 Å². The molecule has 0 saturated carbocycles. The van der Waals surface area contributed by atoms with Gasteiger partial charge in [0.15, 0.2) is 0 Å². The van der Waals surface area contributed by atoms with Gasteiger partial charge in [-0.3, -0.25) is 14.9 Å². The van der Waals surface area contributed by atoms with Gasteiger partial charge in [0.25, 0.3) is 5.69 Å². The lowest BCUT2D eigenvalue weighted by Gasteiger charge is -2.00. The Labute approximate surface area is 103 Å². The zero-order valence-corrected chi connectivity index (χ0v) is 9.89. The van der Waals surface area contributed by atoms with Crippen molar-refractivity contribution < 1.29 is 14.5 Å². The van der Waals surface area contributed by atoms with Crippen LogP contribution in [0.3, 0.4) is 0 Å². The molecule has 0 unspecified atom stereocenters. The fraction of sp³-hybridized carbons (Fsp3) is 0.273. The summed E-state index contributed by atoms with van der Waals surface area (Å²) in [5.74, 6) is 5.31. The highest BCUT2D eigenvalue weighted by Gasteiger charge is 2.10. The Morgan fingerprint density at radius 2 is 2.39 bits per heavy atom. The molecule has 7 nitrogen and oxygen atoms in total. The number of aromatic nitrogens is 1. The van der Waals surface area contributed by atoms with Gasteiger partial charge in [-0.2, -0.15) is 0 Å². The van der Waals surface area contributed by atoms with E-state index in [0.29, 0.717) is 5.56 Å². The van der Waals surface area contributed by atoms with Crippen LogP contribution in [0.1, 0.15) is 12.5 Å². The summed E-state index contributed by atoms with van der Waals surface area (Å²) in [7, 11) is 1.40. The third-order valence-corrected chi connectivity index (χ3v) is 1.89. The third-order valence-electron chi connectivity index (χ3n) is 1.89. The zero-order valence-electron chi connectivity index (χ0n) is 9.89. The van der Waals surface area contributed by atoms with Gasteiger partial charge in [-0.25, -0.2) is 4.98 Å². The highest BCUT2D eigenvalue weighted by molar-refractivity contribution is 5.73. The number of pyridine rings is 1. The topological polar surface area (TPSA) is 94.4 Å². The van der Waals surface area contributed by atoms with Gasteiger partial charge in [-0.15, -0.1) is 0 Å². The molecule has 0 aliphatic carbocycles. The van der Waals surface area contributed by atoms with Gasteiger partial charge in [0.05, 0.1) is 24.1 Å². The lowest BCUT2D eigenvalue weighted by molar-refractivity contribution is -0.385. The van der Waals surface area contributed by atoms with Crippen LogP contribution in [0.15, 0.2) is 12.3 Å². The standard InChI is InChI=1S/C11H11N3O4/c1-8(15)12-5-3-4-9-6-10(14(16)17)7-13-11(9)18-2/h6-7H,5H2,1-2H3,(H,12,15). The van der Waals surface area contributed by atoms with E-state index >= 15 is 0 Å². The molecule has 1 aromatic heterocycles. The molecule has 1 aromatic rings. The molecule has 0 spiro atoms. The Kier molecular flexibility index (Phi) is 4.63. The maximum atomic E-state index is 10.6. The van der Waals surface area contributed by atoms with Crippen molar-refractivity contribution in [2.24, 2.45) is 0 Å². The summed E-state index contributed by atoms with van der Waals surface area (Å²) in [6.45, 7) is 1.53. The van der Waals surface area contributed by atoms with Crippen molar-refractivity contribution in [3.8, 4) is 17.7 Å². The third kappa shape index (κ3) is 3.75. The molecule has 0 aliphatic rings. The van der Waals surface area contributed by atoms with E-state index in [1.165, 1.54) is 20.1 Å². The monoisotopic (exact) mass is 249 g/mol. The first kappa shape index (κ1) is 13.4. The normalized spacial score (nSPS) is 9.00. The van der Waals surface area contributed by atoms with Crippen LogP contribution in [0, 0.1) is 22.0 Å². The van der Waals surface area contributed by atoms with E-state index in [1.54, 1.807) is 0 Å². The van der Waals surface area contributed by atoms with E-state index in [1.807, 2.05) is 0 Å². The Morgan fingerprint density at radius 1 is 1.67 bits per heavy atom. The molecule has 1 rings (SSSR count). The van der Waals surface area contributed by atoms with E-state index in [9.17, 15) is 14.9 Å². The number of nitrogens with one attached hydrogen (secondary N) is 1. The second kappa shape index (κ2) is 6.20. The fourth-order valence-electron chi connectivity index (χ4n) is 1.10. The Morgan fingerprint density at radius 3 is 2.94 bits per heavy atom. The fourth-order valence-corrected chi connectivity index (χ4v) is 1.10. The highest BCUT2D eigenvalue weighted by atomic mass is 16.6. The van der Waals surface area contributed by atoms with Gasteiger partial charge in [0.1, 0.15) is 6.20 Å². The summed E-state index contributed by atoms with van der Waals surface area (Å²) >= 11 is 0. The number of hydrogen-bond acceptors (Lipinski definition) is 5. The Balaban J connectivity index is 2.94. The van der Waals surface area contributed by atoms with Crippen LogP contribution in [0.2, 0.25) is 0 Å². The molecule has 0 aliphatic heterocycles. The summed E-state index contributed by atoms with van der Waals surface area (Å²) in [4.78, 5) is 24.4. The number of nitro groups is 1. The van der Waals surface area contributed by atoms with Crippen LogP contribution in [-0.2, 0) is 4.79 Å².